The molecule has 0 saturated carbocycles. The Morgan fingerprint density at radius 2 is 1.65 bits per heavy atom. The van der Waals surface area contributed by atoms with Gasteiger partial charge in [0, 0.05) is 31.9 Å². The molecule has 0 unspecified atom stereocenters. The highest BCUT2D eigenvalue weighted by molar-refractivity contribution is 5.89. The molecule has 2 aromatic rings. The van der Waals surface area contributed by atoms with Crippen LogP contribution in [0.3, 0.4) is 0 Å². The standard InChI is InChI=1S/C19H20F3N3O/c1-12-4-3-5-16(13(12)2)24-8-10-25(11-9-24)19(26)23-15-7-6-14(20)17(21)18(15)22/h3-7H,8-11H2,1-2H3,(H,23,26). The number of hydrogen-bond acceptors (Lipinski definition) is 2. The molecule has 7 heteroatoms. The van der Waals surface area contributed by atoms with Gasteiger partial charge in [0.05, 0.1) is 5.69 Å². The number of hydrogen-bond donors (Lipinski definition) is 1. The minimum absolute atomic E-state index is 0.370. The maximum atomic E-state index is 13.7. The number of benzene rings is 2. The largest absolute Gasteiger partial charge is 0.368 e. The van der Waals surface area contributed by atoms with Gasteiger partial charge in [-0.25, -0.2) is 18.0 Å². The lowest BCUT2D eigenvalue weighted by Gasteiger charge is -2.37. The molecule has 0 spiro atoms. The highest BCUT2D eigenvalue weighted by atomic mass is 19.2. The molecule has 138 valence electrons. The number of aryl methyl sites for hydroxylation is 1. The third kappa shape index (κ3) is 3.47. The SMILES string of the molecule is Cc1cccc(N2CCN(C(=O)Nc3ccc(F)c(F)c3F)CC2)c1C. The lowest BCUT2D eigenvalue weighted by molar-refractivity contribution is 0.208. The van der Waals surface area contributed by atoms with Gasteiger partial charge >= 0.3 is 6.03 Å². The maximum Gasteiger partial charge on any atom is 0.322 e. The summed E-state index contributed by atoms with van der Waals surface area (Å²) in [6, 6.07) is 7.37. The van der Waals surface area contributed by atoms with Gasteiger partial charge < -0.3 is 15.1 Å². The maximum absolute atomic E-state index is 13.7. The Labute approximate surface area is 150 Å². The zero-order valence-electron chi connectivity index (χ0n) is 14.7. The van der Waals surface area contributed by atoms with E-state index in [1.807, 2.05) is 6.07 Å². The predicted octanol–water partition coefficient (Wildman–Crippen LogP) is 4.07. The first-order valence-corrected chi connectivity index (χ1v) is 8.39. The summed E-state index contributed by atoms with van der Waals surface area (Å²) in [6.07, 6.45) is 0. The molecule has 1 heterocycles. The fourth-order valence-corrected chi connectivity index (χ4v) is 3.05. The number of carbonyl (C=O) groups is 1. The van der Waals surface area contributed by atoms with E-state index in [0.29, 0.717) is 26.2 Å². The van der Waals surface area contributed by atoms with Crippen LogP contribution in [0.4, 0.5) is 29.3 Å². The van der Waals surface area contributed by atoms with E-state index in [-0.39, 0.29) is 5.69 Å². The molecule has 26 heavy (non-hydrogen) atoms. The van der Waals surface area contributed by atoms with E-state index in [9.17, 15) is 18.0 Å². The summed E-state index contributed by atoms with van der Waals surface area (Å²) < 4.78 is 39.9. The van der Waals surface area contributed by atoms with E-state index in [0.717, 1.165) is 17.8 Å². The van der Waals surface area contributed by atoms with Crippen LogP contribution in [0.2, 0.25) is 0 Å². The van der Waals surface area contributed by atoms with Crippen molar-refractivity contribution >= 4 is 17.4 Å². The second-order valence-corrected chi connectivity index (χ2v) is 6.35. The molecule has 0 bridgehead atoms. The Morgan fingerprint density at radius 3 is 2.35 bits per heavy atom. The fourth-order valence-electron chi connectivity index (χ4n) is 3.05. The van der Waals surface area contributed by atoms with E-state index in [4.69, 9.17) is 0 Å². The van der Waals surface area contributed by atoms with Crippen LogP contribution in [0.1, 0.15) is 11.1 Å². The minimum atomic E-state index is -1.59. The van der Waals surface area contributed by atoms with Crippen LogP contribution < -0.4 is 10.2 Å². The molecule has 1 saturated heterocycles. The highest BCUT2D eigenvalue weighted by Crippen LogP contribution is 2.24. The Hall–Kier alpha value is -2.70. The second kappa shape index (κ2) is 7.27. The molecule has 3 rings (SSSR count). The van der Waals surface area contributed by atoms with Crippen LogP contribution in [-0.2, 0) is 0 Å². The molecule has 1 fully saturated rings. The Balaban J connectivity index is 1.64. The molecule has 1 aliphatic heterocycles. The first-order valence-electron chi connectivity index (χ1n) is 8.39. The van der Waals surface area contributed by atoms with Gasteiger partial charge in [-0.2, -0.15) is 0 Å². The zero-order valence-corrected chi connectivity index (χ0v) is 14.7. The van der Waals surface area contributed by atoms with Crippen LogP contribution in [0.5, 0.6) is 0 Å². The Morgan fingerprint density at radius 1 is 0.962 bits per heavy atom. The van der Waals surface area contributed by atoms with Crippen molar-refractivity contribution < 1.29 is 18.0 Å². The number of piperazine rings is 1. The minimum Gasteiger partial charge on any atom is -0.368 e. The van der Waals surface area contributed by atoms with Gasteiger partial charge in [-0.3, -0.25) is 0 Å². The molecule has 4 nitrogen and oxygen atoms in total. The summed E-state index contributed by atoms with van der Waals surface area (Å²) in [5, 5.41) is 2.31. The van der Waals surface area contributed by atoms with Crippen molar-refractivity contribution in [1.29, 1.82) is 0 Å². The van der Waals surface area contributed by atoms with Gasteiger partial charge in [0.25, 0.3) is 0 Å². The average Bonchev–Trinajstić information content (AvgIpc) is 2.64. The van der Waals surface area contributed by atoms with Crippen LogP contribution in [0.15, 0.2) is 30.3 Å². The van der Waals surface area contributed by atoms with E-state index in [1.54, 1.807) is 0 Å². The highest BCUT2D eigenvalue weighted by Gasteiger charge is 2.24. The molecular formula is C19H20F3N3O. The number of urea groups is 1. The van der Waals surface area contributed by atoms with Crippen LogP contribution in [0, 0.1) is 31.3 Å². The zero-order chi connectivity index (χ0) is 18.8. The van der Waals surface area contributed by atoms with Crippen molar-refractivity contribution in [1.82, 2.24) is 4.90 Å². The fraction of sp³-hybridized carbons (Fsp3) is 0.316. The molecule has 2 amide bonds. The Kier molecular flexibility index (Phi) is 5.06. The van der Waals surface area contributed by atoms with Gasteiger partial charge in [-0.1, -0.05) is 12.1 Å². The van der Waals surface area contributed by atoms with Crippen molar-refractivity contribution in [3.05, 3.63) is 58.9 Å². The number of halogens is 3. The van der Waals surface area contributed by atoms with Gasteiger partial charge in [-0.15, -0.1) is 0 Å². The number of amides is 2. The van der Waals surface area contributed by atoms with Crippen LogP contribution >= 0.6 is 0 Å². The average molecular weight is 363 g/mol. The number of rotatable bonds is 2. The molecule has 1 N–H and O–H groups in total. The summed E-state index contributed by atoms with van der Waals surface area (Å²) in [5.41, 5.74) is 3.17. The summed E-state index contributed by atoms with van der Waals surface area (Å²) in [6.45, 7) is 6.29. The smallest absolute Gasteiger partial charge is 0.322 e. The molecule has 0 aromatic heterocycles. The summed E-state index contributed by atoms with van der Waals surface area (Å²) in [7, 11) is 0. The molecule has 0 radical (unpaired) electrons. The number of anilines is 2. The number of nitrogens with one attached hydrogen (secondary N) is 1. The van der Waals surface area contributed by atoms with Gasteiger partial charge in [0.1, 0.15) is 0 Å². The topological polar surface area (TPSA) is 35.6 Å². The summed E-state index contributed by atoms with van der Waals surface area (Å²) >= 11 is 0. The summed E-state index contributed by atoms with van der Waals surface area (Å²) in [5.74, 6) is -4.28. The predicted molar refractivity (Wildman–Crippen MR) is 95.0 cm³/mol. The van der Waals surface area contributed by atoms with Crippen molar-refractivity contribution in [2.75, 3.05) is 36.4 Å². The van der Waals surface area contributed by atoms with Crippen LogP contribution in [-0.4, -0.2) is 37.1 Å². The number of nitrogens with zero attached hydrogens (tertiary/aromatic N) is 2. The molecule has 0 atom stereocenters. The number of carbonyl (C=O) groups excluding carboxylic acids is 1. The first-order chi connectivity index (χ1) is 12.4. The molecular weight excluding hydrogens is 343 g/mol. The lowest BCUT2D eigenvalue weighted by Crippen LogP contribution is -2.50. The third-order valence-electron chi connectivity index (χ3n) is 4.76. The van der Waals surface area contributed by atoms with Crippen molar-refractivity contribution in [2.24, 2.45) is 0 Å². The lowest BCUT2D eigenvalue weighted by atomic mass is 10.1. The Bertz CT molecular complexity index is 833. The van der Waals surface area contributed by atoms with Crippen LogP contribution in [0.25, 0.3) is 0 Å². The molecule has 2 aromatic carbocycles. The molecule has 1 aliphatic rings. The summed E-state index contributed by atoms with van der Waals surface area (Å²) in [4.78, 5) is 16.0. The van der Waals surface area contributed by atoms with E-state index in [1.165, 1.54) is 16.0 Å². The van der Waals surface area contributed by atoms with Crippen molar-refractivity contribution in [3.8, 4) is 0 Å². The second-order valence-electron chi connectivity index (χ2n) is 6.35. The quantitative estimate of drug-likeness (QED) is 0.817. The van der Waals surface area contributed by atoms with Crippen molar-refractivity contribution in [3.63, 3.8) is 0 Å². The molecule has 0 aliphatic carbocycles. The van der Waals surface area contributed by atoms with E-state index < -0.39 is 23.5 Å². The van der Waals surface area contributed by atoms with E-state index >= 15 is 0 Å². The van der Waals surface area contributed by atoms with E-state index in [2.05, 4.69) is 36.2 Å². The van der Waals surface area contributed by atoms with Gasteiger partial charge in [0.2, 0.25) is 0 Å². The van der Waals surface area contributed by atoms with Crippen molar-refractivity contribution in [2.45, 2.75) is 13.8 Å². The van der Waals surface area contributed by atoms with Gasteiger partial charge in [-0.05, 0) is 43.2 Å². The normalized spacial score (nSPS) is 14.5. The van der Waals surface area contributed by atoms with Gasteiger partial charge in [0.15, 0.2) is 17.5 Å². The monoisotopic (exact) mass is 363 g/mol. The first kappa shape index (κ1) is 18.1. The third-order valence-corrected chi connectivity index (χ3v) is 4.76.